The Bertz CT molecular complexity index is 970. The topological polar surface area (TPSA) is 93.4 Å². The van der Waals surface area contributed by atoms with E-state index >= 15 is 0 Å². The van der Waals surface area contributed by atoms with Crippen LogP contribution in [-0.2, 0) is 9.53 Å². The van der Waals surface area contributed by atoms with E-state index < -0.39 is 0 Å². The molecule has 1 N–H and O–H groups in total. The fraction of sp³-hybridized carbons (Fsp3) is 0.300. The van der Waals surface area contributed by atoms with E-state index in [1.165, 1.54) is 11.8 Å². The lowest BCUT2D eigenvalue weighted by Crippen LogP contribution is -2.36. The molecule has 1 saturated heterocycles. The Balaban J connectivity index is 1.35. The zero-order valence-corrected chi connectivity index (χ0v) is 16.8. The highest BCUT2D eigenvalue weighted by atomic mass is 32.2. The molecule has 8 nitrogen and oxygen atoms in total. The number of rotatable bonds is 6. The summed E-state index contributed by atoms with van der Waals surface area (Å²) in [6.07, 6.45) is 1.68. The second-order valence-electron chi connectivity index (χ2n) is 6.48. The van der Waals surface area contributed by atoms with E-state index in [-0.39, 0.29) is 11.7 Å². The summed E-state index contributed by atoms with van der Waals surface area (Å²) in [5, 5.41) is 7.55. The highest BCUT2D eigenvalue weighted by Crippen LogP contribution is 2.27. The van der Waals surface area contributed by atoms with Gasteiger partial charge in [0.2, 0.25) is 17.6 Å². The summed E-state index contributed by atoms with van der Waals surface area (Å²) in [6.45, 7) is 4.99. The van der Waals surface area contributed by atoms with Crippen LogP contribution in [0.4, 0.5) is 11.4 Å². The first-order valence-corrected chi connectivity index (χ1v) is 10.3. The monoisotopic (exact) mass is 411 g/mol. The summed E-state index contributed by atoms with van der Waals surface area (Å²) < 4.78 is 10.4. The SMILES string of the molecule is Cc1nc(-c2cccnc2SCC(=O)Nc2ccc(N3CCOCC3)cc2)no1. The van der Waals surface area contributed by atoms with Crippen LogP contribution in [0.2, 0.25) is 0 Å². The van der Waals surface area contributed by atoms with Gasteiger partial charge >= 0.3 is 0 Å². The van der Waals surface area contributed by atoms with Gasteiger partial charge in [0.15, 0.2) is 0 Å². The van der Waals surface area contributed by atoms with Gasteiger partial charge in [-0.3, -0.25) is 4.79 Å². The molecule has 1 aromatic carbocycles. The van der Waals surface area contributed by atoms with Crippen molar-refractivity contribution in [3.63, 3.8) is 0 Å². The molecule has 4 rings (SSSR count). The van der Waals surface area contributed by atoms with Gasteiger partial charge in [-0.1, -0.05) is 16.9 Å². The van der Waals surface area contributed by atoms with Crippen molar-refractivity contribution in [3.8, 4) is 11.4 Å². The van der Waals surface area contributed by atoms with Gasteiger partial charge in [0.25, 0.3) is 0 Å². The van der Waals surface area contributed by atoms with E-state index in [4.69, 9.17) is 9.26 Å². The molecule has 1 fully saturated rings. The predicted octanol–water partition coefficient (Wildman–Crippen LogP) is 3.01. The molecule has 2 aromatic heterocycles. The Morgan fingerprint density at radius 2 is 2.00 bits per heavy atom. The number of carbonyl (C=O) groups excluding carboxylic acids is 1. The molecule has 0 bridgehead atoms. The van der Waals surface area contributed by atoms with E-state index in [0.717, 1.165) is 43.2 Å². The van der Waals surface area contributed by atoms with E-state index in [9.17, 15) is 4.79 Å². The summed E-state index contributed by atoms with van der Waals surface area (Å²) >= 11 is 1.34. The fourth-order valence-electron chi connectivity index (χ4n) is 2.99. The zero-order chi connectivity index (χ0) is 20.1. The third-order valence-electron chi connectivity index (χ3n) is 4.41. The van der Waals surface area contributed by atoms with Crippen molar-refractivity contribution in [1.29, 1.82) is 0 Å². The molecule has 0 unspecified atom stereocenters. The van der Waals surface area contributed by atoms with Crippen molar-refractivity contribution in [3.05, 3.63) is 48.5 Å². The molecule has 3 aromatic rings. The smallest absolute Gasteiger partial charge is 0.234 e. The number of thioether (sulfide) groups is 1. The molecule has 9 heteroatoms. The Morgan fingerprint density at radius 1 is 1.21 bits per heavy atom. The van der Waals surface area contributed by atoms with Gasteiger partial charge in [-0.05, 0) is 36.4 Å². The van der Waals surface area contributed by atoms with Crippen LogP contribution in [0.25, 0.3) is 11.4 Å². The molecule has 0 aliphatic carbocycles. The number of hydrogen-bond donors (Lipinski definition) is 1. The second kappa shape index (κ2) is 9.06. The van der Waals surface area contributed by atoms with Gasteiger partial charge in [0.05, 0.1) is 24.5 Å². The third-order valence-corrected chi connectivity index (χ3v) is 5.41. The van der Waals surface area contributed by atoms with Crippen molar-refractivity contribution in [2.45, 2.75) is 11.9 Å². The minimum atomic E-state index is -0.102. The van der Waals surface area contributed by atoms with E-state index in [1.54, 1.807) is 19.2 Å². The largest absolute Gasteiger partial charge is 0.378 e. The lowest BCUT2D eigenvalue weighted by atomic mass is 10.2. The molecular weight excluding hydrogens is 390 g/mol. The molecule has 1 aliphatic rings. The Hall–Kier alpha value is -2.91. The maximum absolute atomic E-state index is 12.4. The van der Waals surface area contributed by atoms with Gasteiger partial charge in [-0.25, -0.2) is 4.98 Å². The summed E-state index contributed by atoms with van der Waals surface area (Å²) in [5.74, 6) is 1.08. The third kappa shape index (κ3) is 4.93. The van der Waals surface area contributed by atoms with Crippen LogP contribution >= 0.6 is 11.8 Å². The molecule has 0 radical (unpaired) electrons. The van der Waals surface area contributed by atoms with E-state index in [2.05, 4.69) is 25.3 Å². The van der Waals surface area contributed by atoms with Crippen molar-refractivity contribution in [2.24, 2.45) is 0 Å². The fourth-order valence-corrected chi connectivity index (χ4v) is 3.78. The summed E-state index contributed by atoms with van der Waals surface area (Å²) in [6, 6.07) is 11.5. The van der Waals surface area contributed by atoms with Gasteiger partial charge in [0.1, 0.15) is 5.03 Å². The van der Waals surface area contributed by atoms with Gasteiger partial charge in [-0.2, -0.15) is 4.98 Å². The van der Waals surface area contributed by atoms with E-state index in [1.807, 2.05) is 30.3 Å². The van der Waals surface area contributed by atoms with Gasteiger partial charge < -0.3 is 19.5 Å². The normalized spacial score (nSPS) is 14.0. The standard InChI is InChI=1S/C20H21N5O3S/c1-14-22-19(24-28-14)17-3-2-8-21-20(17)29-13-18(26)23-15-4-6-16(7-5-15)25-9-11-27-12-10-25/h2-8H,9-13H2,1H3,(H,23,26). The van der Waals surface area contributed by atoms with Crippen molar-refractivity contribution < 1.29 is 14.1 Å². The minimum absolute atomic E-state index is 0.102. The Morgan fingerprint density at radius 3 is 2.72 bits per heavy atom. The number of amides is 1. The van der Waals surface area contributed by atoms with Crippen molar-refractivity contribution in [1.82, 2.24) is 15.1 Å². The van der Waals surface area contributed by atoms with Crippen molar-refractivity contribution >= 4 is 29.0 Å². The first-order valence-electron chi connectivity index (χ1n) is 9.30. The first kappa shape index (κ1) is 19.4. The number of nitrogens with zero attached hydrogens (tertiary/aromatic N) is 4. The highest BCUT2D eigenvalue weighted by molar-refractivity contribution is 8.00. The average molecular weight is 411 g/mol. The van der Waals surface area contributed by atoms with Crippen LogP contribution in [0.3, 0.4) is 0 Å². The van der Waals surface area contributed by atoms with E-state index in [0.29, 0.717) is 16.7 Å². The number of benzene rings is 1. The molecule has 0 atom stereocenters. The number of aryl methyl sites for hydroxylation is 1. The Kier molecular flexibility index (Phi) is 6.06. The van der Waals surface area contributed by atoms with Crippen molar-refractivity contribution in [2.75, 3.05) is 42.3 Å². The molecule has 1 amide bonds. The van der Waals surface area contributed by atoms with Crippen LogP contribution in [0.1, 0.15) is 5.89 Å². The highest BCUT2D eigenvalue weighted by Gasteiger charge is 2.14. The Labute approximate surface area is 172 Å². The van der Waals surface area contributed by atoms with Crippen LogP contribution in [0.5, 0.6) is 0 Å². The van der Waals surface area contributed by atoms with Crippen LogP contribution in [0.15, 0.2) is 52.1 Å². The maximum atomic E-state index is 12.4. The average Bonchev–Trinajstić information content (AvgIpc) is 3.20. The first-order chi connectivity index (χ1) is 14.2. The molecule has 29 heavy (non-hydrogen) atoms. The quantitative estimate of drug-likeness (QED) is 0.619. The number of carbonyl (C=O) groups is 1. The van der Waals surface area contributed by atoms with Gasteiger partial charge in [0, 0.05) is 37.6 Å². The molecule has 0 saturated carbocycles. The van der Waals surface area contributed by atoms with Crippen LogP contribution in [0, 0.1) is 6.92 Å². The molecule has 0 spiro atoms. The van der Waals surface area contributed by atoms with Gasteiger partial charge in [-0.15, -0.1) is 0 Å². The lowest BCUT2D eigenvalue weighted by molar-refractivity contribution is -0.113. The number of aromatic nitrogens is 3. The zero-order valence-electron chi connectivity index (χ0n) is 16.0. The molecule has 150 valence electrons. The number of hydrogen-bond acceptors (Lipinski definition) is 8. The second-order valence-corrected chi connectivity index (χ2v) is 7.44. The number of pyridine rings is 1. The number of nitrogens with one attached hydrogen (secondary N) is 1. The predicted molar refractivity (Wildman–Crippen MR) is 111 cm³/mol. The van der Waals surface area contributed by atoms with Crippen LogP contribution < -0.4 is 10.2 Å². The number of morpholine rings is 1. The number of ether oxygens (including phenoxy) is 1. The van der Waals surface area contributed by atoms with Crippen LogP contribution in [-0.4, -0.2) is 53.1 Å². The summed E-state index contributed by atoms with van der Waals surface area (Å²) in [4.78, 5) is 23.3. The molecular formula is C20H21N5O3S. The lowest BCUT2D eigenvalue weighted by Gasteiger charge is -2.28. The summed E-state index contributed by atoms with van der Waals surface area (Å²) in [5.41, 5.74) is 2.65. The molecule has 1 aliphatic heterocycles. The maximum Gasteiger partial charge on any atom is 0.234 e. The summed E-state index contributed by atoms with van der Waals surface area (Å²) in [7, 11) is 0. The molecule has 3 heterocycles. The minimum Gasteiger partial charge on any atom is -0.378 e. The number of anilines is 2.